The third-order valence-corrected chi connectivity index (χ3v) is 4.55. The van der Waals surface area contributed by atoms with Gasteiger partial charge in [-0.1, -0.05) is 12.1 Å². The van der Waals surface area contributed by atoms with Gasteiger partial charge in [0, 0.05) is 0 Å². The van der Waals surface area contributed by atoms with Crippen LogP contribution in [0.2, 0.25) is 0 Å². The number of carbonyl (C=O) groups excluding carboxylic acids is 1. The minimum atomic E-state index is -4.78. The van der Waals surface area contributed by atoms with E-state index in [1.165, 1.54) is 12.1 Å². The van der Waals surface area contributed by atoms with Crippen molar-refractivity contribution in [1.29, 1.82) is 0 Å². The standard InChI is InChI=1S/C18H24F3N3O5/c1-2-27-16(25)14(24-23)15(22)28-12-7-9-17(26,10-8-12)11-3-5-13(6-4-11)29-18(19,20)21/h3-6,12,24,26H,2,7-10,22-23H2,1H3/b15-14+. The van der Waals surface area contributed by atoms with E-state index in [9.17, 15) is 23.1 Å². The van der Waals surface area contributed by atoms with Crippen LogP contribution in [0.3, 0.4) is 0 Å². The van der Waals surface area contributed by atoms with E-state index in [0.717, 1.165) is 12.1 Å². The molecule has 29 heavy (non-hydrogen) atoms. The molecule has 1 aliphatic carbocycles. The molecule has 1 aromatic rings. The van der Waals surface area contributed by atoms with E-state index < -0.39 is 17.9 Å². The third kappa shape index (κ3) is 6.16. The van der Waals surface area contributed by atoms with E-state index in [1.54, 1.807) is 6.92 Å². The van der Waals surface area contributed by atoms with Crippen LogP contribution < -0.4 is 21.7 Å². The van der Waals surface area contributed by atoms with Crippen LogP contribution in [0.15, 0.2) is 35.8 Å². The number of hydrogen-bond donors (Lipinski definition) is 4. The SMILES string of the molecule is CCOC(=O)/C(NN)=C(/N)OC1CCC(O)(c2ccc(OC(F)(F)F)cc2)CC1. The van der Waals surface area contributed by atoms with Crippen molar-refractivity contribution < 1.29 is 37.3 Å². The van der Waals surface area contributed by atoms with Gasteiger partial charge in [-0.25, -0.2) is 4.79 Å². The molecular weight excluding hydrogens is 395 g/mol. The number of benzene rings is 1. The van der Waals surface area contributed by atoms with E-state index in [0.29, 0.717) is 18.4 Å². The zero-order valence-corrected chi connectivity index (χ0v) is 15.8. The maximum Gasteiger partial charge on any atom is 0.573 e. The zero-order valence-electron chi connectivity index (χ0n) is 15.8. The number of nitrogens with two attached hydrogens (primary N) is 2. The van der Waals surface area contributed by atoms with Gasteiger partial charge >= 0.3 is 12.3 Å². The molecule has 0 unspecified atom stereocenters. The van der Waals surface area contributed by atoms with Crippen LogP contribution in [0.1, 0.15) is 38.2 Å². The number of ether oxygens (including phenoxy) is 3. The molecule has 1 aliphatic rings. The average molecular weight is 419 g/mol. The maximum atomic E-state index is 12.3. The molecule has 0 aromatic heterocycles. The Kier molecular flexibility index (Phi) is 7.20. The molecular formula is C18H24F3N3O5. The van der Waals surface area contributed by atoms with Crippen molar-refractivity contribution in [2.45, 2.75) is 50.7 Å². The van der Waals surface area contributed by atoms with Crippen molar-refractivity contribution in [2.24, 2.45) is 11.6 Å². The molecule has 8 nitrogen and oxygen atoms in total. The molecule has 1 fully saturated rings. The first-order chi connectivity index (χ1) is 13.6. The van der Waals surface area contributed by atoms with Gasteiger partial charge in [0.05, 0.1) is 12.2 Å². The van der Waals surface area contributed by atoms with E-state index >= 15 is 0 Å². The average Bonchev–Trinajstić information content (AvgIpc) is 2.64. The molecule has 6 N–H and O–H groups in total. The lowest BCUT2D eigenvalue weighted by Gasteiger charge is -2.36. The van der Waals surface area contributed by atoms with Gasteiger partial charge in [-0.15, -0.1) is 13.2 Å². The molecule has 0 atom stereocenters. The fourth-order valence-electron chi connectivity index (χ4n) is 3.11. The zero-order chi connectivity index (χ0) is 21.7. The van der Waals surface area contributed by atoms with Crippen LogP contribution in [0.5, 0.6) is 5.75 Å². The van der Waals surface area contributed by atoms with Crippen LogP contribution in [0.4, 0.5) is 13.2 Å². The predicted molar refractivity (Wildman–Crippen MR) is 95.5 cm³/mol. The van der Waals surface area contributed by atoms with Crippen LogP contribution in [0.25, 0.3) is 0 Å². The van der Waals surface area contributed by atoms with Gasteiger partial charge < -0.3 is 30.5 Å². The molecule has 0 bridgehead atoms. The number of esters is 1. The maximum absolute atomic E-state index is 12.3. The van der Waals surface area contributed by atoms with Gasteiger partial charge in [0.1, 0.15) is 11.9 Å². The number of carbonyl (C=O) groups is 1. The molecule has 11 heteroatoms. The van der Waals surface area contributed by atoms with E-state index in [-0.39, 0.29) is 42.9 Å². The number of alkyl halides is 3. The van der Waals surface area contributed by atoms with Crippen LogP contribution >= 0.6 is 0 Å². The molecule has 1 aromatic carbocycles. The van der Waals surface area contributed by atoms with Crippen molar-refractivity contribution in [3.8, 4) is 5.75 Å². The molecule has 0 radical (unpaired) electrons. The minimum absolute atomic E-state index is 0.139. The van der Waals surface area contributed by atoms with Crippen LogP contribution in [-0.4, -0.2) is 30.1 Å². The monoisotopic (exact) mass is 419 g/mol. The summed E-state index contributed by atoms with van der Waals surface area (Å²) in [6, 6.07) is 5.10. The van der Waals surface area contributed by atoms with Gasteiger partial charge in [0.25, 0.3) is 0 Å². The van der Waals surface area contributed by atoms with Crippen molar-refractivity contribution in [3.05, 3.63) is 41.4 Å². The quantitative estimate of drug-likeness (QED) is 0.173. The highest BCUT2D eigenvalue weighted by Crippen LogP contribution is 2.39. The lowest BCUT2D eigenvalue weighted by atomic mass is 9.78. The number of rotatable bonds is 7. The summed E-state index contributed by atoms with van der Waals surface area (Å²) in [6.07, 6.45) is -3.77. The van der Waals surface area contributed by atoms with E-state index in [2.05, 4.69) is 10.2 Å². The van der Waals surface area contributed by atoms with Crippen molar-refractivity contribution in [1.82, 2.24) is 5.43 Å². The second-order valence-electron chi connectivity index (χ2n) is 6.53. The first kappa shape index (κ1) is 22.6. The second kappa shape index (κ2) is 9.23. The normalized spacial score (nSPS) is 23.0. The highest BCUT2D eigenvalue weighted by molar-refractivity contribution is 5.88. The Hall–Kier alpha value is -2.66. The highest BCUT2D eigenvalue weighted by Gasteiger charge is 2.36. The minimum Gasteiger partial charge on any atom is -0.474 e. The van der Waals surface area contributed by atoms with Gasteiger partial charge in [-0.05, 0) is 50.3 Å². The Labute approximate surface area is 165 Å². The smallest absolute Gasteiger partial charge is 0.474 e. The van der Waals surface area contributed by atoms with E-state index in [4.69, 9.17) is 21.1 Å². The molecule has 0 amide bonds. The summed E-state index contributed by atoms with van der Waals surface area (Å²) in [5.41, 5.74) is 6.99. The van der Waals surface area contributed by atoms with Crippen LogP contribution in [0, 0.1) is 0 Å². The number of nitrogens with one attached hydrogen (secondary N) is 1. The summed E-state index contributed by atoms with van der Waals surface area (Å²) in [5.74, 6) is 3.97. The molecule has 2 rings (SSSR count). The topological polar surface area (TPSA) is 129 Å². The highest BCUT2D eigenvalue weighted by atomic mass is 19.4. The number of hydrazine groups is 1. The molecule has 0 saturated heterocycles. The largest absolute Gasteiger partial charge is 0.573 e. The fraction of sp³-hybridized carbons (Fsp3) is 0.500. The Morgan fingerprint density at radius 3 is 2.34 bits per heavy atom. The fourth-order valence-corrected chi connectivity index (χ4v) is 3.11. The summed E-state index contributed by atoms with van der Waals surface area (Å²) >= 11 is 0. The molecule has 162 valence electrons. The first-order valence-corrected chi connectivity index (χ1v) is 8.96. The van der Waals surface area contributed by atoms with Gasteiger partial charge in [0.15, 0.2) is 5.70 Å². The predicted octanol–water partition coefficient (Wildman–Crippen LogP) is 1.89. The number of aliphatic hydroxyl groups is 1. The van der Waals surface area contributed by atoms with Gasteiger partial charge in [-0.3, -0.25) is 5.84 Å². The van der Waals surface area contributed by atoms with Gasteiger partial charge in [-0.2, -0.15) is 0 Å². The third-order valence-electron chi connectivity index (χ3n) is 4.55. The number of halogens is 3. The summed E-state index contributed by atoms with van der Waals surface area (Å²) in [4.78, 5) is 11.8. The van der Waals surface area contributed by atoms with Crippen LogP contribution in [-0.2, 0) is 19.9 Å². The second-order valence-corrected chi connectivity index (χ2v) is 6.53. The lowest BCUT2D eigenvalue weighted by molar-refractivity contribution is -0.274. The van der Waals surface area contributed by atoms with E-state index in [1.807, 2.05) is 0 Å². The number of hydrogen-bond acceptors (Lipinski definition) is 8. The summed E-state index contributed by atoms with van der Waals surface area (Å²) in [7, 11) is 0. The molecule has 0 aliphatic heterocycles. The van der Waals surface area contributed by atoms with Crippen molar-refractivity contribution in [2.75, 3.05) is 6.61 Å². The summed E-state index contributed by atoms with van der Waals surface area (Å²) in [5, 5.41) is 10.9. The Morgan fingerprint density at radius 2 is 1.86 bits per heavy atom. The Bertz CT molecular complexity index is 729. The Balaban J connectivity index is 1.99. The van der Waals surface area contributed by atoms with Crippen molar-refractivity contribution in [3.63, 3.8) is 0 Å². The molecule has 0 spiro atoms. The molecule has 1 saturated carbocycles. The summed E-state index contributed by atoms with van der Waals surface area (Å²) in [6.45, 7) is 1.77. The molecule has 0 heterocycles. The summed E-state index contributed by atoms with van der Waals surface area (Å²) < 4.78 is 51.0. The lowest BCUT2D eigenvalue weighted by Crippen LogP contribution is -2.37. The van der Waals surface area contributed by atoms with Crippen molar-refractivity contribution >= 4 is 5.97 Å². The van der Waals surface area contributed by atoms with Gasteiger partial charge in [0.2, 0.25) is 5.88 Å². The first-order valence-electron chi connectivity index (χ1n) is 8.96. The Morgan fingerprint density at radius 1 is 1.28 bits per heavy atom.